The van der Waals surface area contributed by atoms with E-state index >= 15 is 0 Å². The van der Waals surface area contributed by atoms with Crippen LogP contribution in [0.4, 0.5) is 0 Å². The van der Waals surface area contributed by atoms with Gasteiger partial charge in [0.05, 0.1) is 0 Å². The molecule has 3 nitrogen and oxygen atoms in total. The Bertz CT molecular complexity index is 122. The predicted molar refractivity (Wildman–Crippen MR) is 50.8 cm³/mol. The summed E-state index contributed by atoms with van der Waals surface area (Å²) >= 11 is 0. The van der Waals surface area contributed by atoms with Crippen molar-refractivity contribution >= 4 is 5.91 Å². The van der Waals surface area contributed by atoms with Gasteiger partial charge in [0.2, 0.25) is 5.91 Å². The van der Waals surface area contributed by atoms with Gasteiger partial charge < -0.3 is 11.1 Å². The van der Waals surface area contributed by atoms with Crippen molar-refractivity contribution in [1.82, 2.24) is 5.32 Å². The summed E-state index contributed by atoms with van der Waals surface area (Å²) in [6.45, 7) is 5.49. The first kappa shape index (κ1) is 11.4. The molecule has 0 rings (SSSR count). The monoisotopic (exact) mass is 172 g/mol. The maximum atomic E-state index is 11.2. The molecule has 72 valence electrons. The fraction of sp³-hybridized carbons (Fsp3) is 0.889. The summed E-state index contributed by atoms with van der Waals surface area (Å²) in [7, 11) is 0. The molecule has 0 aliphatic rings. The van der Waals surface area contributed by atoms with Gasteiger partial charge in [-0.25, -0.2) is 0 Å². The van der Waals surface area contributed by atoms with Crippen LogP contribution in [0.15, 0.2) is 0 Å². The summed E-state index contributed by atoms with van der Waals surface area (Å²) in [6.07, 6.45) is 2.55. The third-order valence-electron chi connectivity index (χ3n) is 1.96. The molecule has 0 spiro atoms. The number of hydrogen-bond donors (Lipinski definition) is 2. The molecule has 0 bridgehead atoms. The van der Waals surface area contributed by atoms with Crippen molar-refractivity contribution in [3.63, 3.8) is 0 Å². The van der Waals surface area contributed by atoms with E-state index in [9.17, 15) is 4.79 Å². The number of nitrogens with two attached hydrogens (primary N) is 1. The average Bonchev–Trinajstić information content (AvgIpc) is 2.10. The van der Waals surface area contributed by atoms with Crippen molar-refractivity contribution in [2.75, 3.05) is 13.1 Å². The fourth-order valence-corrected chi connectivity index (χ4v) is 0.993. The molecule has 0 radical (unpaired) electrons. The zero-order valence-electron chi connectivity index (χ0n) is 8.10. The van der Waals surface area contributed by atoms with Crippen LogP contribution in [0.2, 0.25) is 0 Å². The van der Waals surface area contributed by atoms with Gasteiger partial charge in [-0.05, 0) is 18.9 Å². The van der Waals surface area contributed by atoms with E-state index in [0.717, 1.165) is 19.4 Å². The summed E-state index contributed by atoms with van der Waals surface area (Å²) in [6, 6.07) is 0. The van der Waals surface area contributed by atoms with Gasteiger partial charge in [-0.1, -0.05) is 20.3 Å². The van der Waals surface area contributed by atoms with E-state index in [1.807, 2.05) is 6.92 Å². The zero-order chi connectivity index (χ0) is 9.40. The third-order valence-corrected chi connectivity index (χ3v) is 1.96. The normalized spacial score (nSPS) is 12.6. The van der Waals surface area contributed by atoms with Crippen molar-refractivity contribution < 1.29 is 4.79 Å². The minimum Gasteiger partial charge on any atom is -0.356 e. The lowest BCUT2D eigenvalue weighted by Gasteiger charge is -2.11. The molecular weight excluding hydrogens is 152 g/mol. The van der Waals surface area contributed by atoms with E-state index < -0.39 is 0 Å². The van der Waals surface area contributed by atoms with Gasteiger partial charge in [-0.15, -0.1) is 0 Å². The van der Waals surface area contributed by atoms with E-state index in [2.05, 4.69) is 12.2 Å². The number of hydrogen-bond acceptors (Lipinski definition) is 2. The van der Waals surface area contributed by atoms with Crippen LogP contribution in [-0.4, -0.2) is 19.0 Å². The molecule has 0 heterocycles. The van der Waals surface area contributed by atoms with Crippen molar-refractivity contribution in [2.45, 2.75) is 33.1 Å². The number of carbonyl (C=O) groups excluding carboxylic acids is 1. The molecule has 3 N–H and O–H groups in total. The van der Waals surface area contributed by atoms with Gasteiger partial charge in [0.25, 0.3) is 0 Å². The highest BCUT2D eigenvalue weighted by atomic mass is 16.1. The Hall–Kier alpha value is -0.570. The Kier molecular flexibility index (Phi) is 6.76. The number of rotatable bonds is 6. The van der Waals surface area contributed by atoms with E-state index in [-0.39, 0.29) is 5.91 Å². The third kappa shape index (κ3) is 5.13. The van der Waals surface area contributed by atoms with Crippen LogP contribution in [0.1, 0.15) is 33.1 Å². The Labute approximate surface area is 74.7 Å². The van der Waals surface area contributed by atoms with Gasteiger partial charge in [-0.2, -0.15) is 0 Å². The molecule has 0 saturated heterocycles. The maximum absolute atomic E-state index is 11.2. The second kappa shape index (κ2) is 7.10. The highest BCUT2D eigenvalue weighted by Gasteiger charge is 2.08. The van der Waals surface area contributed by atoms with Crippen molar-refractivity contribution in [1.29, 1.82) is 0 Å². The van der Waals surface area contributed by atoms with Crippen molar-refractivity contribution in [3.8, 4) is 0 Å². The number of amides is 1. The van der Waals surface area contributed by atoms with Crippen LogP contribution in [0.3, 0.4) is 0 Å². The van der Waals surface area contributed by atoms with E-state index in [0.29, 0.717) is 18.9 Å². The lowest BCUT2D eigenvalue weighted by atomic mass is 10.0. The van der Waals surface area contributed by atoms with Crippen LogP contribution in [-0.2, 0) is 4.79 Å². The lowest BCUT2D eigenvalue weighted by molar-refractivity contribution is -0.121. The van der Waals surface area contributed by atoms with E-state index in [1.165, 1.54) is 0 Å². The predicted octanol–water partition coefficient (Wildman–Crippen LogP) is 0.888. The highest BCUT2D eigenvalue weighted by Crippen LogP contribution is 2.04. The standard InChI is InChI=1S/C9H20N2O/c1-3-5-11-9(12)6-8(4-2)7-10/h8H,3-7,10H2,1-2H3,(H,11,12). The first-order valence-corrected chi connectivity index (χ1v) is 4.71. The molecule has 0 aliphatic carbocycles. The number of nitrogens with one attached hydrogen (secondary N) is 1. The fourth-order valence-electron chi connectivity index (χ4n) is 0.993. The van der Waals surface area contributed by atoms with Gasteiger partial charge in [0, 0.05) is 13.0 Å². The minimum atomic E-state index is 0.133. The average molecular weight is 172 g/mol. The Morgan fingerprint density at radius 3 is 2.58 bits per heavy atom. The molecule has 1 amide bonds. The molecule has 0 aromatic carbocycles. The lowest BCUT2D eigenvalue weighted by Crippen LogP contribution is -2.28. The van der Waals surface area contributed by atoms with Crippen LogP contribution in [0.5, 0.6) is 0 Å². The van der Waals surface area contributed by atoms with Gasteiger partial charge >= 0.3 is 0 Å². The van der Waals surface area contributed by atoms with Crippen molar-refractivity contribution in [2.24, 2.45) is 11.7 Å². The van der Waals surface area contributed by atoms with Crippen LogP contribution >= 0.6 is 0 Å². The first-order chi connectivity index (χ1) is 5.74. The molecule has 3 heteroatoms. The molecular formula is C9H20N2O. The summed E-state index contributed by atoms with van der Waals surface area (Å²) in [5.74, 6) is 0.482. The van der Waals surface area contributed by atoms with Gasteiger partial charge in [0.15, 0.2) is 0 Å². The molecule has 0 aromatic heterocycles. The summed E-state index contributed by atoms with van der Waals surface area (Å²) < 4.78 is 0. The Morgan fingerprint density at radius 1 is 1.50 bits per heavy atom. The molecule has 12 heavy (non-hydrogen) atoms. The van der Waals surface area contributed by atoms with Gasteiger partial charge in [0.1, 0.15) is 0 Å². The minimum absolute atomic E-state index is 0.133. The van der Waals surface area contributed by atoms with Gasteiger partial charge in [-0.3, -0.25) is 4.79 Å². The highest BCUT2D eigenvalue weighted by molar-refractivity contribution is 5.76. The summed E-state index contributed by atoms with van der Waals surface area (Å²) in [4.78, 5) is 11.2. The Morgan fingerprint density at radius 2 is 2.17 bits per heavy atom. The first-order valence-electron chi connectivity index (χ1n) is 4.71. The molecule has 0 aromatic rings. The van der Waals surface area contributed by atoms with Crippen LogP contribution in [0, 0.1) is 5.92 Å². The molecule has 0 fully saturated rings. The molecule has 1 unspecified atom stereocenters. The van der Waals surface area contributed by atoms with Crippen LogP contribution in [0.25, 0.3) is 0 Å². The smallest absolute Gasteiger partial charge is 0.220 e. The summed E-state index contributed by atoms with van der Waals surface area (Å²) in [5.41, 5.74) is 5.48. The quantitative estimate of drug-likeness (QED) is 0.625. The van der Waals surface area contributed by atoms with E-state index in [4.69, 9.17) is 5.73 Å². The second-order valence-corrected chi connectivity index (χ2v) is 3.06. The topological polar surface area (TPSA) is 55.1 Å². The Balaban J connectivity index is 3.52. The molecule has 0 saturated carbocycles. The zero-order valence-corrected chi connectivity index (χ0v) is 8.10. The van der Waals surface area contributed by atoms with Crippen LogP contribution < -0.4 is 11.1 Å². The molecule has 1 atom stereocenters. The second-order valence-electron chi connectivity index (χ2n) is 3.06. The maximum Gasteiger partial charge on any atom is 0.220 e. The summed E-state index contributed by atoms with van der Waals surface area (Å²) in [5, 5.41) is 2.84. The SMILES string of the molecule is CCCNC(=O)CC(CC)CN. The van der Waals surface area contributed by atoms with Crippen molar-refractivity contribution in [3.05, 3.63) is 0 Å². The number of carbonyl (C=O) groups is 1. The largest absolute Gasteiger partial charge is 0.356 e. The molecule has 0 aliphatic heterocycles. The van der Waals surface area contributed by atoms with E-state index in [1.54, 1.807) is 0 Å².